The first-order chi connectivity index (χ1) is 8.45. The number of halogens is 2. The van der Waals surface area contributed by atoms with Gasteiger partial charge in [-0.25, -0.2) is 8.78 Å². The highest BCUT2D eigenvalue weighted by Gasteiger charge is 2.14. The Morgan fingerprint density at radius 1 is 1.39 bits per heavy atom. The number of benzene rings is 1. The maximum absolute atomic E-state index is 13.6. The van der Waals surface area contributed by atoms with Crippen molar-refractivity contribution < 1.29 is 18.3 Å². The van der Waals surface area contributed by atoms with E-state index in [1.807, 2.05) is 0 Å². The molecule has 3 nitrogen and oxygen atoms in total. The number of nitrogens with two attached hydrogens (primary N) is 1. The first-order valence-corrected chi connectivity index (χ1v) is 5.73. The molecule has 5 heteroatoms. The van der Waals surface area contributed by atoms with E-state index >= 15 is 0 Å². The Morgan fingerprint density at radius 2 is 2.06 bits per heavy atom. The topological polar surface area (TPSA) is 52.3 Å². The number of carbonyl (C=O) groups excluding carboxylic acids is 1. The van der Waals surface area contributed by atoms with Gasteiger partial charge in [-0.1, -0.05) is 0 Å². The van der Waals surface area contributed by atoms with Crippen LogP contribution in [0.15, 0.2) is 12.1 Å². The number of rotatable bonds is 5. The minimum atomic E-state index is -0.621. The van der Waals surface area contributed by atoms with Crippen LogP contribution in [0.3, 0.4) is 0 Å². The molecule has 0 bridgehead atoms. The molecule has 2 N–H and O–H groups in total. The normalized spacial score (nSPS) is 12.3. The molecule has 1 rings (SSSR count). The van der Waals surface area contributed by atoms with Crippen molar-refractivity contribution in [3.63, 3.8) is 0 Å². The molecule has 1 unspecified atom stereocenters. The van der Waals surface area contributed by atoms with Gasteiger partial charge >= 0.3 is 5.97 Å². The lowest BCUT2D eigenvalue weighted by atomic mass is 10.00. The number of methoxy groups -OCH3 is 1. The number of esters is 1. The van der Waals surface area contributed by atoms with E-state index in [1.54, 1.807) is 0 Å². The zero-order valence-corrected chi connectivity index (χ0v) is 10.5. The molecule has 0 radical (unpaired) electrons. The van der Waals surface area contributed by atoms with E-state index in [1.165, 1.54) is 14.0 Å². The summed E-state index contributed by atoms with van der Waals surface area (Å²) < 4.78 is 31.4. The van der Waals surface area contributed by atoms with Crippen LogP contribution in [0.2, 0.25) is 0 Å². The fraction of sp³-hybridized carbons (Fsp3) is 0.462. The molecule has 1 aromatic rings. The monoisotopic (exact) mass is 257 g/mol. The Bertz CT molecular complexity index is 435. The van der Waals surface area contributed by atoms with Gasteiger partial charge in [0.15, 0.2) is 0 Å². The molecule has 0 aliphatic rings. The minimum absolute atomic E-state index is 0.142. The highest BCUT2D eigenvalue weighted by molar-refractivity contribution is 5.68. The number of aryl methyl sites for hydroxylation is 1. The third-order valence-electron chi connectivity index (χ3n) is 2.80. The number of carbonyl (C=O) groups is 1. The molecule has 18 heavy (non-hydrogen) atoms. The molecule has 100 valence electrons. The number of hydrogen-bond donors (Lipinski definition) is 1. The van der Waals surface area contributed by atoms with Crippen LogP contribution in [0.25, 0.3) is 0 Å². The SMILES string of the molecule is COC(=O)CCCC(N)c1cc(F)c(C)cc1F. The molecular weight excluding hydrogens is 240 g/mol. The predicted octanol–water partition coefficient (Wildman–Crippen LogP) is 2.62. The van der Waals surface area contributed by atoms with Gasteiger partial charge in [-0.05, 0) is 37.5 Å². The maximum atomic E-state index is 13.6. The van der Waals surface area contributed by atoms with Crippen LogP contribution in [0.1, 0.15) is 36.4 Å². The Kier molecular flexibility index (Phi) is 5.22. The third-order valence-corrected chi connectivity index (χ3v) is 2.80. The molecular formula is C13H17F2NO2. The molecule has 0 heterocycles. The zero-order chi connectivity index (χ0) is 13.7. The molecule has 0 aliphatic carbocycles. The first-order valence-electron chi connectivity index (χ1n) is 5.73. The fourth-order valence-corrected chi connectivity index (χ4v) is 1.67. The summed E-state index contributed by atoms with van der Waals surface area (Å²) in [5.74, 6) is -1.33. The summed E-state index contributed by atoms with van der Waals surface area (Å²) in [5, 5.41) is 0. The van der Waals surface area contributed by atoms with Gasteiger partial charge in [0, 0.05) is 18.0 Å². The average Bonchev–Trinajstić information content (AvgIpc) is 2.33. The Hall–Kier alpha value is -1.49. The van der Waals surface area contributed by atoms with Crippen LogP contribution in [0, 0.1) is 18.6 Å². The molecule has 1 aromatic carbocycles. The second-order valence-electron chi connectivity index (χ2n) is 4.20. The summed E-state index contributed by atoms with van der Waals surface area (Å²) in [4.78, 5) is 10.9. The van der Waals surface area contributed by atoms with Crippen molar-refractivity contribution in [1.82, 2.24) is 0 Å². The zero-order valence-electron chi connectivity index (χ0n) is 10.5. The van der Waals surface area contributed by atoms with Crippen LogP contribution in [-0.4, -0.2) is 13.1 Å². The van der Waals surface area contributed by atoms with Crippen molar-refractivity contribution in [2.45, 2.75) is 32.2 Å². The van der Waals surface area contributed by atoms with Crippen molar-refractivity contribution in [2.24, 2.45) is 5.73 Å². The second-order valence-corrected chi connectivity index (χ2v) is 4.20. The van der Waals surface area contributed by atoms with Gasteiger partial charge in [0.05, 0.1) is 7.11 Å². The lowest BCUT2D eigenvalue weighted by Crippen LogP contribution is -2.13. The van der Waals surface area contributed by atoms with Crippen LogP contribution in [0.4, 0.5) is 8.78 Å². The maximum Gasteiger partial charge on any atom is 0.305 e. The summed E-state index contributed by atoms with van der Waals surface area (Å²) in [6.07, 6.45) is 1.09. The van der Waals surface area contributed by atoms with E-state index < -0.39 is 17.7 Å². The Labute approximate surface area is 105 Å². The number of hydrogen-bond acceptors (Lipinski definition) is 3. The van der Waals surface area contributed by atoms with Crippen molar-refractivity contribution >= 4 is 5.97 Å². The van der Waals surface area contributed by atoms with Crippen LogP contribution in [0.5, 0.6) is 0 Å². The molecule has 1 atom stereocenters. The lowest BCUT2D eigenvalue weighted by Gasteiger charge is -2.13. The van der Waals surface area contributed by atoms with Crippen LogP contribution >= 0.6 is 0 Å². The molecule has 0 spiro atoms. The van der Waals surface area contributed by atoms with Gasteiger partial charge in [0.2, 0.25) is 0 Å². The second kappa shape index (κ2) is 6.44. The van der Waals surface area contributed by atoms with Crippen molar-refractivity contribution in [3.05, 3.63) is 34.9 Å². The molecule has 0 saturated heterocycles. The quantitative estimate of drug-likeness (QED) is 0.825. The highest BCUT2D eigenvalue weighted by atomic mass is 19.1. The molecule has 0 saturated carbocycles. The van der Waals surface area contributed by atoms with Gasteiger partial charge in [-0.15, -0.1) is 0 Å². The van der Waals surface area contributed by atoms with Gasteiger partial charge in [-0.3, -0.25) is 4.79 Å². The van der Waals surface area contributed by atoms with E-state index in [2.05, 4.69) is 4.74 Å². The minimum Gasteiger partial charge on any atom is -0.469 e. The Balaban J connectivity index is 2.64. The summed E-state index contributed by atoms with van der Waals surface area (Å²) in [6.45, 7) is 1.49. The van der Waals surface area contributed by atoms with Crippen LogP contribution in [-0.2, 0) is 9.53 Å². The lowest BCUT2D eigenvalue weighted by molar-refractivity contribution is -0.140. The third kappa shape index (κ3) is 3.77. The van der Waals surface area contributed by atoms with Crippen molar-refractivity contribution in [3.8, 4) is 0 Å². The largest absolute Gasteiger partial charge is 0.469 e. The summed E-state index contributed by atoms with van der Waals surface area (Å²) >= 11 is 0. The smallest absolute Gasteiger partial charge is 0.305 e. The standard InChI is InChI=1S/C13H17F2NO2/c1-8-6-11(15)9(7-10(8)14)12(16)4-3-5-13(17)18-2/h6-7,12H,3-5,16H2,1-2H3. The highest BCUT2D eigenvalue weighted by Crippen LogP contribution is 2.22. The molecule has 0 amide bonds. The fourth-order valence-electron chi connectivity index (χ4n) is 1.67. The van der Waals surface area contributed by atoms with E-state index in [9.17, 15) is 13.6 Å². The first kappa shape index (κ1) is 14.6. The predicted molar refractivity (Wildman–Crippen MR) is 63.9 cm³/mol. The van der Waals surface area contributed by atoms with E-state index in [0.717, 1.165) is 12.1 Å². The summed E-state index contributed by atoms with van der Waals surface area (Å²) in [7, 11) is 1.30. The summed E-state index contributed by atoms with van der Waals surface area (Å²) in [5.41, 5.74) is 6.17. The van der Waals surface area contributed by atoms with Gasteiger partial charge in [-0.2, -0.15) is 0 Å². The van der Waals surface area contributed by atoms with E-state index in [4.69, 9.17) is 5.73 Å². The van der Waals surface area contributed by atoms with Crippen molar-refractivity contribution in [2.75, 3.05) is 7.11 Å². The Morgan fingerprint density at radius 3 is 2.67 bits per heavy atom. The molecule has 0 fully saturated rings. The molecule has 0 aliphatic heterocycles. The van der Waals surface area contributed by atoms with Crippen molar-refractivity contribution in [1.29, 1.82) is 0 Å². The molecule has 0 aromatic heterocycles. The average molecular weight is 257 g/mol. The number of ether oxygens (including phenoxy) is 1. The van der Waals surface area contributed by atoms with E-state index in [-0.39, 0.29) is 23.5 Å². The van der Waals surface area contributed by atoms with E-state index in [0.29, 0.717) is 12.8 Å². The van der Waals surface area contributed by atoms with Gasteiger partial charge in [0.25, 0.3) is 0 Å². The van der Waals surface area contributed by atoms with Gasteiger partial charge in [0.1, 0.15) is 11.6 Å². The van der Waals surface area contributed by atoms with Gasteiger partial charge < -0.3 is 10.5 Å². The summed E-state index contributed by atoms with van der Waals surface area (Å²) in [6, 6.07) is 1.63. The van der Waals surface area contributed by atoms with Crippen LogP contribution < -0.4 is 5.73 Å².